The van der Waals surface area contributed by atoms with Gasteiger partial charge in [-0.05, 0) is 18.9 Å². The van der Waals surface area contributed by atoms with E-state index in [1.165, 1.54) is 11.1 Å². The molecule has 124 valence electrons. The highest BCUT2D eigenvalue weighted by Crippen LogP contribution is 2.21. The number of β-amino-alcohol motifs (C(OH)–C–C–N with tert-alkyl or cyclic N) is 1. The quantitative estimate of drug-likeness (QED) is 0.852. The van der Waals surface area contributed by atoms with Gasteiger partial charge in [-0.15, -0.1) is 0 Å². The maximum atomic E-state index is 10.1. The number of aliphatic hydroxyl groups is 1. The van der Waals surface area contributed by atoms with E-state index in [4.69, 9.17) is 0 Å². The number of hydrogen-bond donors (Lipinski definition) is 2. The van der Waals surface area contributed by atoms with Crippen LogP contribution in [0.25, 0.3) is 0 Å². The van der Waals surface area contributed by atoms with E-state index >= 15 is 0 Å². The van der Waals surface area contributed by atoms with E-state index < -0.39 is 0 Å². The van der Waals surface area contributed by atoms with E-state index in [1.807, 2.05) is 30.2 Å². The zero-order valence-corrected chi connectivity index (χ0v) is 13.9. The maximum Gasteiger partial charge on any atom is 0.0682 e. The van der Waals surface area contributed by atoms with Gasteiger partial charge in [0.25, 0.3) is 0 Å². The number of hydrogen-bond acceptors (Lipinski definition) is 4. The van der Waals surface area contributed by atoms with Crippen LogP contribution in [0.15, 0.2) is 42.7 Å². The third kappa shape index (κ3) is 4.19. The number of aliphatic hydroxyl groups excluding tert-OH is 1. The number of aryl methyl sites for hydroxylation is 1. The molecule has 2 aromatic rings. The first kappa shape index (κ1) is 16.2. The third-order valence-corrected chi connectivity index (χ3v) is 4.62. The first-order valence-corrected chi connectivity index (χ1v) is 8.30. The molecule has 0 saturated carbocycles. The van der Waals surface area contributed by atoms with Gasteiger partial charge in [0.2, 0.25) is 0 Å². The van der Waals surface area contributed by atoms with Crippen LogP contribution in [0.4, 0.5) is 0 Å². The number of benzene rings is 1. The Kier molecular flexibility index (Phi) is 5.10. The van der Waals surface area contributed by atoms with E-state index in [2.05, 4.69) is 46.5 Å². The zero-order chi connectivity index (χ0) is 16.2. The molecule has 3 rings (SSSR count). The van der Waals surface area contributed by atoms with Crippen molar-refractivity contribution >= 4 is 0 Å². The van der Waals surface area contributed by atoms with Crippen molar-refractivity contribution in [2.45, 2.75) is 38.1 Å². The van der Waals surface area contributed by atoms with Crippen molar-refractivity contribution in [2.24, 2.45) is 7.05 Å². The summed E-state index contributed by atoms with van der Waals surface area (Å²) in [6.07, 6.45) is 4.56. The molecule has 1 aromatic carbocycles. The summed E-state index contributed by atoms with van der Waals surface area (Å²) in [5, 5.41) is 17.9. The van der Waals surface area contributed by atoms with Gasteiger partial charge in [0, 0.05) is 50.5 Å². The summed E-state index contributed by atoms with van der Waals surface area (Å²) in [6, 6.07) is 11.1. The van der Waals surface area contributed by atoms with Gasteiger partial charge in [-0.3, -0.25) is 9.58 Å². The van der Waals surface area contributed by atoms with Crippen LogP contribution in [0, 0.1) is 0 Å². The number of nitrogens with one attached hydrogen (secondary N) is 1. The van der Waals surface area contributed by atoms with Gasteiger partial charge in [-0.2, -0.15) is 5.10 Å². The van der Waals surface area contributed by atoms with E-state index in [9.17, 15) is 5.11 Å². The van der Waals surface area contributed by atoms with Crippen LogP contribution in [0.5, 0.6) is 0 Å². The van der Waals surface area contributed by atoms with Gasteiger partial charge < -0.3 is 10.4 Å². The molecule has 2 N–H and O–H groups in total. The van der Waals surface area contributed by atoms with Crippen molar-refractivity contribution < 1.29 is 5.11 Å². The molecule has 5 nitrogen and oxygen atoms in total. The number of nitrogens with zero attached hydrogens (tertiary/aromatic N) is 3. The minimum Gasteiger partial charge on any atom is -0.392 e. The Morgan fingerprint density at radius 1 is 1.35 bits per heavy atom. The maximum absolute atomic E-state index is 10.1. The molecular weight excluding hydrogens is 288 g/mol. The SMILES string of the molecule is C[C@H](NC[C@@H]1C[C@@H](O)CN1Cc1ccccc1)c1cnn(C)c1. The average molecular weight is 314 g/mol. The summed E-state index contributed by atoms with van der Waals surface area (Å²) in [5.74, 6) is 0. The molecule has 1 aromatic heterocycles. The molecular formula is C18H26N4O. The standard InChI is InChI=1S/C18H26N4O/c1-14(16-9-20-21(2)12-16)19-10-17-8-18(23)13-22(17)11-15-6-4-3-5-7-15/h3-7,9,12,14,17-19,23H,8,10-11,13H2,1-2H3/t14-,17-,18+/m0/s1. The van der Waals surface area contributed by atoms with E-state index in [1.54, 1.807) is 0 Å². The fourth-order valence-electron chi connectivity index (χ4n) is 3.28. The van der Waals surface area contributed by atoms with E-state index in [0.29, 0.717) is 6.04 Å². The number of aromatic nitrogens is 2. The Hall–Kier alpha value is -1.69. The predicted molar refractivity (Wildman–Crippen MR) is 90.9 cm³/mol. The molecule has 0 aliphatic carbocycles. The molecule has 1 fully saturated rings. The number of likely N-dealkylation sites (tertiary alicyclic amines) is 1. The molecule has 0 bridgehead atoms. The molecule has 2 heterocycles. The number of rotatable bonds is 6. The van der Waals surface area contributed by atoms with Crippen LogP contribution in [-0.2, 0) is 13.6 Å². The first-order valence-electron chi connectivity index (χ1n) is 8.30. The molecule has 3 atom stereocenters. The van der Waals surface area contributed by atoms with Crippen molar-refractivity contribution in [3.63, 3.8) is 0 Å². The van der Waals surface area contributed by atoms with Crippen molar-refractivity contribution in [2.75, 3.05) is 13.1 Å². The normalized spacial score (nSPS) is 23.3. The lowest BCUT2D eigenvalue weighted by atomic mass is 10.1. The zero-order valence-electron chi connectivity index (χ0n) is 13.9. The van der Waals surface area contributed by atoms with Gasteiger partial charge in [0.05, 0.1) is 12.3 Å². The van der Waals surface area contributed by atoms with E-state index in [-0.39, 0.29) is 12.1 Å². The van der Waals surface area contributed by atoms with Gasteiger partial charge in [0.15, 0.2) is 0 Å². The molecule has 0 unspecified atom stereocenters. The van der Waals surface area contributed by atoms with Crippen LogP contribution < -0.4 is 5.32 Å². The Morgan fingerprint density at radius 2 is 2.13 bits per heavy atom. The highest BCUT2D eigenvalue weighted by molar-refractivity contribution is 5.15. The van der Waals surface area contributed by atoms with Crippen molar-refractivity contribution in [1.82, 2.24) is 20.0 Å². The van der Waals surface area contributed by atoms with Gasteiger partial charge >= 0.3 is 0 Å². The smallest absolute Gasteiger partial charge is 0.0682 e. The Labute approximate surface area is 137 Å². The first-order chi connectivity index (χ1) is 11.1. The Morgan fingerprint density at radius 3 is 2.83 bits per heavy atom. The topological polar surface area (TPSA) is 53.3 Å². The van der Waals surface area contributed by atoms with Crippen LogP contribution >= 0.6 is 0 Å². The van der Waals surface area contributed by atoms with Gasteiger partial charge in [0.1, 0.15) is 0 Å². The van der Waals surface area contributed by atoms with Gasteiger partial charge in [-0.25, -0.2) is 0 Å². The lowest BCUT2D eigenvalue weighted by molar-refractivity contribution is 0.172. The van der Waals surface area contributed by atoms with Crippen LogP contribution in [-0.4, -0.2) is 45.0 Å². The summed E-state index contributed by atoms with van der Waals surface area (Å²) >= 11 is 0. The second kappa shape index (κ2) is 7.25. The van der Waals surface area contributed by atoms with Crippen molar-refractivity contribution in [3.8, 4) is 0 Å². The molecule has 5 heteroatoms. The Bertz CT molecular complexity index is 612. The monoisotopic (exact) mass is 314 g/mol. The van der Waals surface area contributed by atoms with Crippen LogP contribution in [0.1, 0.15) is 30.5 Å². The molecule has 0 radical (unpaired) electrons. The molecule has 1 saturated heterocycles. The summed E-state index contributed by atoms with van der Waals surface area (Å²) in [5.41, 5.74) is 2.49. The molecule has 1 aliphatic heterocycles. The Balaban J connectivity index is 1.57. The molecule has 1 aliphatic rings. The van der Waals surface area contributed by atoms with Crippen LogP contribution in [0.3, 0.4) is 0 Å². The summed E-state index contributed by atoms with van der Waals surface area (Å²) in [4.78, 5) is 2.38. The second-order valence-corrected chi connectivity index (χ2v) is 6.54. The summed E-state index contributed by atoms with van der Waals surface area (Å²) in [6.45, 7) is 4.68. The largest absolute Gasteiger partial charge is 0.392 e. The minimum absolute atomic E-state index is 0.223. The average Bonchev–Trinajstić information content (AvgIpc) is 3.12. The third-order valence-electron chi connectivity index (χ3n) is 4.62. The van der Waals surface area contributed by atoms with Crippen molar-refractivity contribution in [1.29, 1.82) is 0 Å². The second-order valence-electron chi connectivity index (χ2n) is 6.54. The lowest BCUT2D eigenvalue weighted by Crippen LogP contribution is -2.38. The van der Waals surface area contributed by atoms with Crippen molar-refractivity contribution in [3.05, 3.63) is 53.9 Å². The summed E-state index contributed by atoms with van der Waals surface area (Å²) < 4.78 is 1.83. The molecule has 0 amide bonds. The molecule has 23 heavy (non-hydrogen) atoms. The summed E-state index contributed by atoms with van der Waals surface area (Å²) in [7, 11) is 1.94. The highest BCUT2D eigenvalue weighted by atomic mass is 16.3. The van der Waals surface area contributed by atoms with Gasteiger partial charge in [-0.1, -0.05) is 30.3 Å². The predicted octanol–water partition coefficient (Wildman–Crippen LogP) is 1.71. The fraction of sp³-hybridized carbons (Fsp3) is 0.500. The molecule has 0 spiro atoms. The van der Waals surface area contributed by atoms with E-state index in [0.717, 1.165) is 26.1 Å². The van der Waals surface area contributed by atoms with Crippen LogP contribution in [0.2, 0.25) is 0 Å². The fourth-order valence-corrected chi connectivity index (χ4v) is 3.28. The highest BCUT2D eigenvalue weighted by Gasteiger charge is 2.30. The minimum atomic E-state index is -0.223. The lowest BCUT2D eigenvalue weighted by Gasteiger charge is -2.26.